The molecule has 1 saturated carbocycles. The second-order valence-electron chi connectivity index (χ2n) is 10.2. The van der Waals surface area contributed by atoms with E-state index < -0.39 is 0 Å². The number of hydrogen-bond acceptors (Lipinski definition) is 0. The minimum Gasteiger partial charge on any atom is -0.0617 e. The Morgan fingerprint density at radius 2 is 1.56 bits per heavy atom. The summed E-state index contributed by atoms with van der Waals surface area (Å²) in [6, 6.07) is 6.96. The second-order valence-corrected chi connectivity index (χ2v) is 10.2. The van der Waals surface area contributed by atoms with Crippen molar-refractivity contribution in [2.75, 3.05) is 0 Å². The molecule has 0 saturated heterocycles. The molecule has 0 N–H and O–H groups in total. The van der Waals surface area contributed by atoms with Crippen LogP contribution in [0.3, 0.4) is 0 Å². The lowest BCUT2D eigenvalue weighted by Gasteiger charge is -2.18. The Balaban J connectivity index is 1.71. The molecule has 0 nitrogen and oxygen atoms in total. The first-order chi connectivity index (χ1) is 11.8. The van der Waals surface area contributed by atoms with Crippen molar-refractivity contribution in [2.45, 2.75) is 112 Å². The van der Waals surface area contributed by atoms with Gasteiger partial charge in [-0.15, -0.1) is 0 Å². The molecular formula is C25H42. The maximum absolute atomic E-state index is 2.46. The van der Waals surface area contributed by atoms with Gasteiger partial charge in [0.1, 0.15) is 0 Å². The Bertz CT molecular complexity index is 513. The molecule has 142 valence electrons. The van der Waals surface area contributed by atoms with Crippen molar-refractivity contribution in [3.8, 4) is 0 Å². The summed E-state index contributed by atoms with van der Waals surface area (Å²) in [7, 11) is 0. The van der Waals surface area contributed by atoms with E-state index >= 15 is 0 Å². The molecule has 1 fully saturated rings. The number of benzene rings is 1. The molecule has 0 spiro atoms. The Morgan fingerprint density at radius 1 is 0.880 bits per heavy atom. The topological polar surface area (TPSA) is 0 Å². The predicted octanol–water partition coefficient (Wildman–Crippen LogP) is 8.05. The minimum absolute atomic E-state index is 0.491. The van der Waals surface area contributed by atoms with E-state index in [4.69, 9.17) is 0 Å². The first-order valence-electron chi connectivity index (χ1n) is 10.9. The third-order valence-corrected chi connectivity index (χ3v) is 6.19. The van der Waals surface area contributed by atoms with E-state index in [1.807, 2.05) is 0 Å². The first-order valence-corrected chi connectivity index (χ1v) is 10.9. The predicted molar refractivity (Wildman–Crippen MR) is 112 cm³/mol. The van der Waals surface area contributed by atoms with E-state index in [1.165, 1.54) is 82.6 Å². The molecule has 0 aliphatic heterocycles. The van der Waals surface area contributed by atoms with Crippen molar-refractivity contribution >= 4 is 0 Å². The normalized spacial score (nSPS) is 16.2. The largest absolute Gasteiger partial charge is 0.0617 e. The van der Waals surface area contributed by atoms with Crippen molar-refractivity contribution in [3.05, 3.63) is 34.9 Å². The quantitative estimate of drug-likeness (QED) is 0.357. The van der Waals surface area contributed by atoms with E-state index in [2.05, 4.69) is 52.8 Å². The van der Waals surface area contributed by atoms with Crippen molar-refractivity contribution < 1.29 is 0 Å². The molecule has 0 aromatic heterocycles. The zero-order valence-corrected chi connectivity index (χ0v) is 17.7. The van der Waals surface area contributed by atoms with Crippen molar-refractivity contribution in [3.63, 3.8) is 0 Å². The highest BCUT2D eigenvalue weighted by Crippen LogP contribution is 2.49. The molecule has 0 unspecified atom stereocenters. The van der Waals surface area contributed by atoms with E-state index in [0.29, 0.717) is 5.41 Å². The molecule has 1 aliphatic rings. The molecule has 0 atom stereocenters. The van der Waals surface area contributed by atoms with Crippen LogP contribution < -0.4 is 0 Å². The van der Waals surface area contributed by atoms with Crippen LogP contribution in [0, 0.1) is 17.8 Å². The van der Waals surface area contributed by atoms with Gasteiger partial charge in [0.25, 0.3) is 0 Å². The maximum Gasteiger partial charge on any atom is -0.0274 e. The minimum atomic E-state index is 0.491. The molecule has 0 heteroatoms. The molecule has 0 heterocycles. The monoisotopic (exact) mass is 342 g/mol. The summed E-state index contributed by atoms with van der Waals surface area (Å²) in [5.41, 5.74) is 6.03. The molecule has 1 aromatic carbocycles. The summed E-state index contributed by atoms with van der Waals surface area (Å²) in [6.45, 7) is 11.8. The average molecular weight is 343 g/mol. The molecule has 0 radical (unpaired) electrons. The van der Waals surface area contributed by atoms with Crippen LogP contribution in [0.2, 0.25) is 0 Å². The Kier molecular flexibility index (Phi) is 7.59. The fraction of sp³-hybridized carbons (Fsp3) is 0.760. The van der Waals surface area contributed by atoms with Gasteiger partial charge < -0.3 is 0 Å². The molecule has 0 bridgehead atoms. The van der Waals surface area contributed by atoms with Gasteiger partial charge in [0, 0.05) is 0 Å². The lowest BCUT2D eigenvalue weighted by molar-refractivity contribution is 0.358. The lowest BCUT2D eigenvalue weighted by Crippen LogP contribution is -2.04. The van der Waals surface area contributed by atoms with Gasteiger partial charge >= 0.3 is 0 Å². The summed E-state index contributed by atoms with van der Waals surface area (Å²) in [5.74, 6) is 0. The van der Waals surface area contributed by atoms with Crippen LogP contribution in [0.1, 0.15) is 109 Å². The van der Waals surface area contributed by atoms with Gasteiger partial charge in [0.15, 0.2) is 0 Å². The van der Waals surface area contributed by atoms with Crippen LogP contribution in [0.4, 0.5) is 0 Å². The van der Waals surface area contributed by atoms with E-state index in [0.717, 1.165) is 5.41 Å². The standard InChI is InChI=1S/C25H42/c1-21-13-12-15-22(14-8-6-11-18-25(5)19-20-25)23(21)16-9-7-10-17-24(2,3)4/h12-13,15H,6-11,14,16-20H2,1-5H3. The smallest absolute Gasteiger partial charge is 0.0274 e. The summed E-state index contributed by atoms with van der Waals surface area (Å²) >= 11 is 0. The highest BCUT2D eigenvalue weighted by molar-refractivity contribution is 5.34. The Labute approximate surface area is 157 Å². The van der Waals surface area contributed by atoms with Gasteiger partial charge in [-0.05, 0) is 85.8 Å². The van der Waals surface area contributed by atoms with Crippen LogP contribution in [-0.4, -0.2) is 0 Å². The third-order valence-electron chi connectivity index (χ3n) is 6.19. The zero-order chi connectivity index (χ0) is 18.3. The van der Waals surface area contributed by atoms with Crippen molar-refractivity contribution in [1.29, 1.82) is 0 Å². The number of aryl methyl sites for hydroxylation is 2. The van der Waals surface area contributed by atoms with Gasteiger partial charge in [-0.25, -0.2) is 0 Å². The van der Waals surface area contributed by atoms with Crippen LogP contribution in [-0.2, 0) is 12.8 Å². The highest BCUT2D eigenvalue weighted by atomic mass is 14.4. The molecule has 1 aliphatic carbocycles. The summed E-state index contributed by atoms with van der Waals surface area (Å²) in [5, 5.41) is 0. The number of hydrogen-bond donors (Lipinski definition) is 0. The van der Waals surface area contributed by atoms with E-state index in [9.17, 15) is 0 Å². The Hall–Kier alpha value is -0.780. The first kappa shape index (κ1) is 20.5. The fourth-order valence-corrected chi connectivity index (χ4v) is 4.00. The molecule has 2 rings (SSSR count). The lowest BCUT2D eigenvalue weighted by atomic mass is 9.88. The van der Waals surface area contributed by atoms with Gasteiger partial charge in [-0.3, -0.25) is 0 Å². The van der Waals surface area contributed by atoms with Gasteiger partial charge in [-0.2, -0.15) is 0 Å². The summed E-state index contributed by atoms with van der Waals surface area (Å²) in [6.07, 6.45) is 16.7. The summed E-state index contributed by atoms with van der Waals surface area (Å²) in [4.78, 5) is 0. The molecule has 1 aromatic rings. The van der Waals surface area contributed by atoms with Gasteiger partial charge in [-0.1, -0.05) is 71.6 Å². The SMILES string of the molecule is Cc1cccc(CCCCCC2(C)CC2)c1CCCCCC(C)(C)C. The molecule has 0 amide bonds. The van der Waals surface area contributed by atoms with Gasteiger partial charge in [0.2, 0.25) is 0 Å². The molecular weight excluding hydrogens is 300 g/mol. The average Bonchev–Trinajstić information content (AvgIpc) is 3.25. The van der Waals surface area contributed by atoms with Crippen LogP contribution >= 0.6 is 0 Å². The second kappa shape index (κ2) is 9.24. The third kappa shape index (κ3) is 7.97. The van der Waals surface area contributed by atoms with Crippen molar-refractivity contribution in [2.24, 2.45) is 10.8 Å². The van der Waals surface area contributed by atoms with Crippen molar-refractivity contribution in [1.82, 2.24) is 0 Å². The van der Waals surface area contributed by atoms with E-state index in [-0.39, 0.29) is 0 Å². The van der Waals surface area contributed by atoms with Crippen LogP contribution in [0.15, 0.2) is 18.2 Å². The highest BCUT2D eigenvalue weighted by Gasteiger charge is 2.35. The number of unbranched alkanes of at least 4 members (excludes halogenated alkanes) is 4. The van der Waals surface area contributed by atoms with E-state index in [1.54, 1.807) is 11.1 Å². The van der Waals surface area contributed by atoms with Crippen LogP contribution in [0.5, 0.6) is 0 Å². The molecule has 25 heavy (non-hydrogen) atoms. The Morgan fingerprint density at radius 3 is 2.24 bits per heavy atom. The van der Waals surface area contributed by atoms with Crippen LogP contribution in [0.25, 0.3) is 0 Å². The van der Waals surface area contributed by atoms with Gasteiger partial charge in [0.05, 0.1) is 0 Å². The fourth-order valence-electron chi connectivity index (χ4n) is 4.00. The zero-order valence-electron chi connectivity index (χ0n) is 17.7. The maximum atomic E-state index is 2.46. The summed E-state index contributed by atoms with van der Waals surface area (Å²) < 4.78 is 0. The number of rotatable bonds is 11.